The molecule has 1 amide bonds. The maximum Gasteiger partial charge on any atom is 0.408 e. The van der Waals surface area contributed by atoms with Crippen LogP contribution >= 0.6 is 0 Å². The van der Waals surface area contributed by atoms with Crippen LogP contribution in [0.2, 0.25) is 0 Å². The molecule has 2 N–H and O–H groups in total. The summed E-state index contributed by atoms with van der Waals surface area (Å²) in [6.45, 7) is 2.42. The molecule has 0 aromatic heterocycles. The third-order valence-corrected chi connectivity index (χ3v) is 5.82. The van der Waals surface area contributed by atoms with E-state index in [2.05, 4.69) is 42.6 Å². The standard InChI is InChI=1S/C28H28N2O2/c1-21(25-18-10-16-24-15-8-9-17-26(24)25)29-27(19-22-11-4-2-5-12-22)30(28(31)32)20-23-13-6-3-7-14-23/h2-18,21,27,29H,19-20H2,1H3,(H,31,32)/t21-,27+/m1/s1. The molecule has 4 aromatic rings. The lowest BCUT2D eigenvalue weighted by Crippen LogP contribution is -2.50. The van der Waals surface area contributed by atoms with Crippen LogP contribution in [0.1, 0.15) is 29.7 Å². The van der Waals surface area contributed by atoms with E-state index < -0.39 is 6.09 Å². The van der Waals surface area contributed by atoms with Gasteiger partial charge in [-0.2, -0.15) is 0 Å². The van der Waals surface area contributed by atoms with Gasteiger partial charge >= 0.3 is 6.09 Å². The molecule has 0 fully saturated rings. The number of amides is 1. The number of nitrogens with zero attached hydrogens (tertiary/aromatic N) is 1. The maximum atomic E-state index is 12.4. The third kappa shape index (κ3) is 5.16. The van der Waals surface area contributed by atoms with Crippen LogP contribution < -0.4 is 5.32 Å². The van der Waals surface area contributed by atoms with Gasteiger partial charge in [-0.15, -0.1) is 0 Å². The van der Waals surface area contributed by atoms with E-state index >= 15 is 0 Å². The molecule has 0 unspecified atom stereocenters. The fourth-order valence-electron chi connectivity index (χ4n) is 4.19. The Morgan fingerprint density at radius 2 is 1.41 bits per heavy atom. The second-order valence-electron chi connectivity index (χ2n) is 8.06. The Morgan fingerprint density at radius 1 is 0.812 bits per heavy atom. The molecule has 0 saturated carbocycles. The van der Waals surface area contributed by atoms with Gasteiger partial charge in [-0.25, -0.2) is 4.79 Å². The average molecular weight is 425 g/mol. The minimum atomic E-state index is -0.938. The molecule has 0 aliphatic heterocycles. The first-order valence-corrected chi connectivity index (χ1v) is 10.9. The van der Waals surface area contributed by atoms with Crippen molar-refractivity contribution in [1.82, 2.24) is 10.2 Å². The SMILES string of the molecule is C[C@@H](N[C@H](Cc1ccccc1)N(Cc1ccccc1)C(=O)O)c1cccc2ccccc12. The summed E-state index contributed by atoms with van der Waals surface area (Å²) in [6, 6.07) is 34.3. The Morgan fingerprint density at radius 3 is 2.09 bits per heavy atom. The molecule has 2 atom stereocenters. The molecule has 0 heterocycles. The molecule has 162 valence electrons. The molecule has 0 aliphatic rings. The number of fused-ring (bicyclic) bond motifs is 1. The van der Waals surface area contributed by atoms with Crippen LogP contribution in [-0.4, -0.2) is 22.3 Å². The van der Waals surface area contributed by atoms with E-state index in [9.17, 15) is 9.90 Å². The van der Waals surface area contributed by atoms with Crippen LogP contribution in [0.3, 0.4) is 0 Å². The van der Waals surface area contributed by atoms with E-state index in [-0.39, 0.29) is 12.2 Å². The van der Waals surface area contributed by atoms with E-state index in [4.69, 9.17) is 0 Å². The van der Waals surface area contributed by atoms with Gasteiger partial charge in [0.05, 0.1) is 12.7 Å². The Labute approximate surface area is 189 Å². The molecule has 32 heavy (non-hydrogen) atoms. The number of hydrogen-bond acceptors (Lipinski definition) is 2. The first kappa shape index (κ1) is 21.6. The molecule has 4 heteroatoms. The van der Waals surface area contributed by atoms with Crippen molar-refractivity contribution in [2.24, 2.45) is 0 Å². The molecule has 4 aromatic carbocycles. The summed E-state index contributed by atoms with van der Waals surface area (Å²) in [5, 5.41) is 16.1. The first-order chi connectivity index (χ1) is 15.6. The minimum absolute atomic E-state index is 0.0348. The summed E-state index contributed by atoms with van der Waals surface area (Å²) in [6.07, 6.45) is -0.744. The predicted octanol–water partition coefficient (Wildman–Crippen LogP) is 6.24. The van der Waals surface area contributed by atoms with Gasteiger partial charge < -0.3 is 5.11 Å². The smallest absolute Gasteiger partial charge is 0.408 e. The van der Waals surface area contributed by atoms with Crippen molar-refractivity contribution in [3.63, 3.8) is 0 Å². The first-order valence-electron chi connectivity index (χ1n) is 10.9. The zero-order valence-corrected chi connectivity index (χ0v) is 18.2. The lowest BCUT2D eigenvalue weighted by molar-refractivity contribution is 0.105. The number of nitrogens with one attached hydrogen (secondary N) is 1. The van der Waals surface area contributed by atoms with E-state index in [1.54, 1.807) is 0 Å². The largest absolute Gasteiger partial charge is 0.465 e. The lowest BCUT2D eigenvalue weighted by atomic mass is 9.99. The highest BCUT2D eigenvalue weighted by Crippen LogP contribution is 2.25. The number of benzene rings is 4. The molecule has 0 bridgehead atoms. The van der Waals surface area contributed by atoms with E-state index in [0.29, 0.717) is 13.0 Å². The Kier molecular flexibility index (Phi) is 6.83. The molecule has 0 aliphatic carbocycles. The second kappa shape index (κ2) is 10.1. The van der Waals surface area contributed by atoms with Crippen LogP contribution in [-0.2, 0) is 13.0 Å². The summed E-state index contributed by atoms with van der Waals surface area (Å²) in [7, 11) is 0. The molecular formula is C28H28N2O2. The summed E-state index contributed by atoms with van der Waals surface area (Å²) < 4.78 is 0. The van der Waals surface area contributed by atoms with E-state index in [1.807, 2.05) is 72.8 Å². The third-order valence-electron chi connectivity index (χ3n) is 5.82. The monoisotopic (exact) mass is 424 g/mol. The summed E-state index contributed by atoms with van der Waals surface area (Å²) in [4.78, 5) is 13.9. The highest BCUT2D eigenvalue weighted by molar-refractivity contribution is 5.86. The van der Waals surface area contributed by atoms with Gasteiger partial charge in [0.15, 0.2) is 0 Å². The number of carbonyl (C=O) groups is 1. The van der Waals surface area contributed by atoms with Gasteiger partial charge in [0.2, 0.25) is 0 Å². The van der Waals surface area contributed by atoms with Gasteiger partial charge in [-0.05, 0) is 34.4 Å². The zero-order valence-electron chi connectivity index (χ0n) is 18.2. The predicted molar refractivity (Wildman–Crippen MR) is 129 cm³/mol. The number of rotatable bonds is 8. The van der Waals surface area contributed by atoms with Crippen molar-refractivity contribution < 1.29 is 9.90 Å². The number of hydrogen-bond donors (Lipinski definition) is 2. The van der Waals surface area contributed by atoms with Crippen molar-refractivity contribution in [2.75, 3.05) is 0 Å². The Bertz CT molecular complexity index is 1160. The van der Waals surface area contributed by atoms with Gasteiger partial charge in [-0.1, -0.05) is 103 Å². The molecule has 0 radical (unpaired) electrons. The van der Waals surface area contributed by atoms with Crippen molar-refractivity contribution in [1.29, 1.82) is 0 Å². The van der Waals surface area contributed by atoms with Crippen LogP contribution in [0.4, 0.5) is 4.79 Å². The van der Waals surface area contributed by atoms with Crippen LogP contribution in [0.5, 0.6) is 0 Å². The van der Waals surface area contributed by atoms with Crippen molar-refractivity contribution in [3.8, 4) is 0 Å². The van der Waals surface area contributed by atoms with Crippen molar-refractivity contribution in [2.45, 2.75) is 32.1 Å². The summed E-state index contributed by atoms with van der Waals surface area (Å²) in [5.74, 6) is 0. The lowest BCUT2D eigenvalue weighted by Gasteiger charge is -2.33. The summed E-state index contributed by atoms with van der Waals surface area (Å²) >= 11 is 0. The number of carboxylic acid groups (broad SMARTS) is 1. The molecule has 4 rings (SSSR count). The van der Waals surface area contributed by atoms with E-state index in [1.165, 1.54) is 15.7 Å². The summed E-state index contributed by atoms with van der Waals surface area (Å²) in [5.41, 5.74) is 3.22. The zero-order chi connectivity index (χ0) is 22.3. The Hall–Kier alpha value is -3.63. The topological polar surface area (TPSA) is 52.6 Å². The fourth-order valence-corrected chi connectivity index (χ4v) is 4.19. The highest BCUT2D eigenvalue weighted by Gasteiger charge is 2.26. The van der Waals surface area contributed by atoms with Gasteiger partial charge in [0.25, 0.3) is 0 Å². The maximum absolute atomic E-state index is 12.4. The second-order valence-corrected chi connectivity index (χ2v) is 8.06. The average Bonchev–Trinajstić information content (AvgIpc) is 2.83. The molecule has 4 nitrogen and oxygen atoms in total. The van der Waals surface area contributed by atoms with E-state index in [0.717, 1.165) is 16.7 Å². The van der Waals surface area contributed by atoms with Gasteiger partial charge in [0.1, 0.15) is 0 Å². The minimum Gasteiger partial charge on any atom is -0.465 e. The molecule has 0 saturated heterocycles. The van der Waals surface area contributed by atoms with Gasteiger partial charge in [-0.3, -0.25) is 10.2 Å². The van der Waals surface area contributed by atoms with Gasteiger partial charge in [0, 0.05) is 12.5 Å². The normalized spacial score (nSPS) is 12.9. The molecule has 0 spiro atoms. The quantitative estimate of drug-likeness (QED) is 0.329. The van der Waals surface area contributed by atoms with Crippen molar-refractivity contribution >= 4 is 16.9 Å². The van der Waals surface area contributed by atoms with Crippen LogP contribution in [0.25, 0.3) is 10.8 Å². The fraction of sp³-hybridized carbons (Fsp3) is 0.179. The van der Waals surface area contributed by atoms with Crippen molar-refractivity contribution in [3.05, 3.63) is 120 Å². The van der Waals surface area contributed by atoms with Crippen LogP contribution in [0.15, 0.2) is 103 Å². The Balaban J connectivity index is 1.65. The molecular weight excluding hydrogens is 396 g/mol. The van der Waals surface area contributed by atoms with Crippen LogP contribution in [0, 0.1) is 0 Å². The highest BCUT2D eigenvalue weighted by atomic mass is 16.4.